The lowest BCUT2D eigenvalue weighted by Gasteiger charge is -2.07. The van der Waals surface area contributed by atoms with Crippen molar-refractivity contribution in [2.24, 2.45) is 0 Å². The second-order valence-electron chi connectivity index (χ2n) is 7.02. The molecule has 0 saturated carbocycles. The van der Waals surface area contributed by atoms with Crippen molar-refractivity contribution in [1.29, 1.82) is 0 Å². The highest BCUT2D eigenvalue weighted by Gasteiger charge is 2.18. The van der Waals surface area contributed by atoms with Gasteiger partial charge in [0.1, 0.15) is 23.5 Å². The molecule has 0 bridgehead atoms. The van der Waals surface area contributed by atoms with Gasteiger partial charge in [0.25, 0.3) is 0 Å². The molecule has 0 aliphatic carbocycles. The fourth-order valence-electron chi connectivity index (χ4n) is 3.04. The van der Waals surface area contributed by atoms with Crippen molar-refractivity contribution >= 4 is 11.8 Å². The van der Waals surface area contributed by atoms with Crippen molar-refractivity contribution in [3.05, 3.63) is 78.2 Å². The van der Waals surface area contributed by atoms with Crippen molar-refractivity contribution in [2.45, 2.75) is 13.0 Å². The van der Waals surface area contributed by atoms with Crippen molar-refractivity contribution in [3.8, 4) is 22.9 Å². The zero-order valence-corrected chi connectivity index (χ0v) is 17.2. The van der Waals surface area contributed by atoms with Crippen LogP contribution in [0.5, 0.6) is 0 Å². The Morgan fingerprint density at radius 1 is 1.18 bits per heavy atom. The highest BCUT2D eigenvalue weighted by molar-refractivity contribution is 5.85. The average Bonchev–Trinajstić information content (AvgIpc) is 3.46. The number of aromatic nitrogens is 5. The molecule has 168 valence electrons. The third-order valence-electron chi connectivity index (χ3n) is 4.75. The van der Waals surface area contributed by atoms with E-state index in [9.17, 15) is 13.6 Å². The van der Waals surface area contributed by atoms with E-state index in [1.54, 1.807) is 30.3 Å². The maximum absolute atomic E-state index is 14.2. The average molecular weight is 452 g/mol. The van der Waals surface area contributed by atoms with Crippen LogP contribution in [0.3, 0.4) is 0 Å². The smallest absolute Gasteiger partial charge is 0.331 e. The number of nitrogens with zero attached hydrogens (tertiary/aromatic N) is 5. The van der Waals surface area contributed by atoms with Gasteiger partial charge in [-0.2, -0.15) is 5.10 Å². The molecule has 0 fully saturated rings. The van der Waals surface area contributed by atoms with E-state index < -0.39 is 11.8 Å². The minimum absolute atomic E-state index is 0.0127. The third-order valence-corrected chi connectivity index (χ3v) is 4.75. The van der Waals surface area contributed by atoms with Crippen LogP contribution in [0.15, 0.2) is 65.5 Å². The van der Waals surface area contributed by atoms with Gasteiger partial charge in [-0.15, -0.1) is 0 Å². The van der Waals surface area contributed by atoms with Crippen molar-refractivity contribution in [1.82, 2.24) is 24.9 Å². The number of hydrogen-bond acceptors (Lipinski definition) is 7. The van der Waals surface area contributed by atoms with Crippen LogP contribution in [0, 0.1) is 11.6 Å². The van der Waals surface area contributed by atoms with E-state index in [0.717, 1.165) is 6.20 Å². The Morgan fingerprint density at radius 3 is 2.73 bits per heavy atom. The Bertz CT molecular complexity index is 1300. The SMILES string of the molecule is C=C(CCNc1nc(-c2cc(-c3ccon3)n(Cc3ccccc3F)n2)ncc1F)C(=O)O. The molecule has 0 radical (unpaired) electrons. The summed E-state index contributed by atoms with van der Waals surface area (Å²) in [5.74, 6) is -2.20. The van der Waals surface area contributed by atoms with E-state index in [-0.39, 0.29) is 42.5 Å². The van der Waals surface area contributed by atoms with Gasteiger partial charge in [0.2, 0.25) is 0 Å². The van der Waals surface area contributed by atoms with Gasteiger partial charge in [-0.25, -0.2) is 23.5 Å². The summed E-state index contributed by atoms with van der Waals surface area (Å²) in [5, 5.41) is 20.0. The molecule has 3 aromatic heterocycles. The second kappa shape index (κ2) is 9.39. The van der Waals surface area contributed by atoms with E-state index >= 15 is 0 Å². The molecule has 1 aromatic carbocycles. The number of carboxylic acid groups (broad SMARTS) is 1. The summed E-state index contributed by atoms with van der Waals surface area (Å²) in [6.07, 6.45) is 2.49. The van der Waals surface area contributed by atoms with Crippen LogP contribution in [0.4, 0.5) is 14.6 Å². The molecule has 3 heterocycles. The highest BCUT2D eigenvalue weighted by Crippen LogP contribution is 2.26. The van der Waals surface area contributed by atoms with E-state index in [0.29, 0.717) is 22.6 Å². The number of nitrogens with one attached hydrogen (secondary N) is 1. The van der Waals surface area contributed by atoms with Gasteiger partial charge in [0, 0.05) is 23.7 Å². The molecule has 0 spiro atoms. The summed E-state index contributed by atoms with van der Waals surface area (Å²) in [7, 11) is 0. The van der Waals surface area contributed by atoms with E-state index in [1.807, 2.05) is 0 Å². The van der Waals surface area contributed by atoms with Gasteiger partial charge in [-0.05, 0) is 18.6 Å². The van der Waals surface area contributed by atoms with Crippen LogP contribution < -0.4 is 5.32 Å². The Morgan fingerprint density at radius 2 is 2.00 bits per heavy atom. The molecule has 33 heavy (non-hydrogen) atoms. The number of benzene rings is 1. The number of anilines is 1. The number of hydrogen-bond donors (Lipinski definition) is 2. The number of aliphatic carboxylic acids is 1. The molecule has 0 atom stereocenters. The third kappa shape index (κ3) is 4.92. The number of rotatable bonds is 9. The number of halogens is 2. The molecule has 0 amide bonds. The zero-order valence-electron chi connectivity index (χ0n) is 17.2. The van der Waals surface area contributed by atoms with Crippen molar-refractivity contribution < 1.29 is 23.2 Å². The van der Waals surface area contributed by atoms with Crippen LogP contribution in [-0.4, -0.2) is 42.5 Å². The van der Waals surface area contributed by atoms with Gasteiger partial charge < -0.3 is 14.9 Å². The van der Waals surface area contributed by atoms with Gasteiger partial charge in [0.15, 0.2) is 17.5 Å². The topological polar surface area (TPSA) is 119 Å². The molecule has 0 unspecified atom stereocenters. The lowest BCUT2D eigenvalue weighted by Crippen LogP contribution is -2.10. The van der Waals surface area contributed by atoms with Crippen LogP contribution in [0.25, 0.3) is 22.9 Å². The van der Waals surface area contributed by atoms with Gasteiger partial charge in [0.05, 0.1) is 18.4 Å². The highest BCUT2D eigenvalue weighted by atomic mass is 19.1. The molecule has 4 aromatic rings. The molecule has 0 saturated heterocycles. The predicted octanol–water partition coefficient (Wildman–Crippen LogP) is 3.76. The number of carbonyl (C=O) groups is 1. The quantitative estimate of drug-likeness (QED) is 0.369. The Kier molecular flexibility index (Phi) is 6.20. The maximum atomic E-state index is 14.2. The zero-order chi connectivity index (χ0) is 23.4. The first kappa shape index (κ1) is 21.8. The van der Waals surface area contributed by atoms with Crippen LogP contribution in [0.1, 0.15) is 12.0 Å². The lowest BCUT2D eigenvalue weighted by molar-refractivity contribution is -0.132. The van der Waals surface area contributed by atoms with Crippen molar-refractivity contribution in [3.63, 3.8) is 0 Å². The molecule has 11 heteroatoms. The first-order chi connectivity index (χ1) is 15.9. The Balaban J connectivity index is 1.64. The van der Waals surface area contributed by atoms with Gasteiger partial charge >= 0.3 is 5.97 Å². The maximum Gasteiger partial charge on any atom is 0.331 e. The minimum Gasteiger partial charge on any atom is -0.478 e. The predicted molar refractivity (Wildman–Crippen MR) is 114 cm³/mol. The summed E-state index contributed by atoms with van der Waals surface area (Å²) in [5.41, 5.74) is 1.71. The van der Waals surface area contributed by atoms with Gasteiger partial charge in [-0.1, -0.05) is 29.9 Å². The van der Waals surface area contributed by atoms with E-state index in [1.165, 1.54) is 17.0 Å². The lowest BCUT2D eigenvalue weighted by atomic mass is 10.2. The standard InChI is InChI=1S/C22H18F2N6O3/c1-13(22(31)32)6-8-25-20-16(24)11-26-21(27-20)18-10-19(17-7-9-33-29-17)30(28-18)12-14-4-2-3-5-15(14)23/h2-5,7,9-11H,1,6,8,12H2,(H,31,32)(H,25,26,27). The molecule has 0 aliphatic heterocycles. The molecular weight excluding hydrogens is 434 g/mol. The normalized spacial score (nSPS) is 10.8. The Hall–Kier alpha value is -4.41. The van der Waals surface area contributed by atoms with Crippen LogP contribution in [-0.2, 0) is 11.3 Å². The van der Waals surface area contributed by atoms with Crippen LogP contribution in [0.2, 0.25) is 0 Å². The molecule has 4 rings (SSSR count). The summed E-state index contributed by atoms with van der Waals surface area (Å²) in [6.45, 7) is 3.66. The minimum atomic E-state index is -1.12. The summed E-state index contributed by atoms with van der Waals surface area (Å²) < 4.78 is 34.9. The molecular formula is C22H18F2N6O3. The molecule has 9 nitrogen and oxygen atoms in total. The van der Waals surface area contributed by atoms with Crippen LogP contribution >= 0.6 is 0 Å². The largest absolute Gasteiger partial charge is 0.478 e. The summed E-state index contributed by atoms with van der Waals surface area (Å²) in [4.78, 5) is 19.0. The first-order valence-electron chi connectivity index (χ1n) is 9.82. The summed E-state index contributed by atoms with van der Waals surface area (Å²) in [6, 6.07) is 9.59. The molecule has 0 aliphatic rings. The van der Waals surface area contributed by atoms with Gasteiger partial charge in [-0.3, -0.25) is 4.68 Å². The fraction of sp³-hybridized carbons (Fsp3) is 0.136. The second-order valence-corrected chi connectivity index (χ2v) is 7.02. The Labute approximate surface area is 186 Å². The first-order valence-corrected chi connectivity index (χ1v) is 9.82. The monoisotopic (exact) mass is 452 g/mol. The molecule has 2 N–H and O–H groups in total. The fourth-order valence-corrected chi connectivity index (χ4v) is 3.04. The summed E-state index contributed by atoms with van der Waals surface area (Å²) >= 11 is 0. The van der Waals surface area contributed by atoms with Crippen molar-refractivity contribution in [2.75, 3.05) is 11.9 Å². The van der Waals surface area contributed by atoms with E-state index in [4.69, 9.17) is 9.63 Å². The number of carboxylic acids is 1. The van der Waals surface area contributed by atoms with E-state index in [2.05, 4.69) is 32.1 Å².